The molecule has 8 heteroatoms. The van der Waals surface area contributed by atoms with Crippen molar-refractivity contribution in [3.63, 3.8) is 0 Å². The second kappa shape index (κ2) is 14.9. The minimum atomic E-state index is -1.29. The molecule has 2 heterocycles. The van der Waals surface area contributed by atoms with Crippen LogP contribution >= 0.6 is 0 Å². The highest BCUT2D eigenvalue weighted by Crippen LogP contribution is 2.17. The second-order valence-electron chi connectivity index (χ2n) is 8.42. The molecule has 0 unspecified atom stereocenters. The third kappa shape index (κ3) is 9.39. The van der Waals surface area contributed by atoms with Crippen LogP contribution in [0.5, 0.6) is 0 Å². The van der Waals surface area contributed by atoms with Crippen LogP contribution in [0.15, 0.2) is 6.20 Å². The van der Waals surface area contributed by atoms with Gasteiger partial charge in [-0.3, -0.25) is 4.68 Å². The predicted octanol–water partition coefficient (Wildman–Crippen LogP) is 2.93. The maximum absolute atomic E-state index is 9.87. The Balaban J connectivity index is 1.47. The topological polar surface area (TPSA) is 110 Å². The largest absolute Gasteiger partial charge is 0.388 e. The summed E-state index contributed by atoms with van der Waals surface area (Å²) in [5, 5.41) is 37.2. The van der Waals surface area contributed by atoms with Gasteiger partial charge in [-0.1, -0.05) is 82.8 Å². The Morgan fingerprint density at radius 3 is 2.17 bits per heavy atom. The van der Waals surface area contributed by atoms with Crippen molar-refractivity contribution in [1.29, 1.82) is 0 Å². The SMILES string of the molecule is CCCCCCCCCCCCCCn1cc(CO[C@@H]2OC[C@@H](O)[C@H](O)[C@H]2O)nn1. The van der Waals surface area contributed by atoms with E-state index in [-0.39, 0.29) is 13.2 Å². The fraction of sp³-hybridized carbons (Fsp3) is 0.909. The molecule has 8 nitrogen and oxygen atoms in total. The molecule has 1 aliphatic rings. The number of aromatic nitrogens is 3. The van der Waals surface area contributed by atoms with Crippen molar-refractivity contribution in [2.24, 2.45) is 0 Å². The number of aryl methyl sites for hydroxylation is 1. The molecular formula is C22H41N3O5. The molecular weight excluding hydrogens is 386 g/mol. The number of hydrogen-bond acceptors (Lipinski definition) is 7. The maximum atomic E-state index is 9.87. The minimum absolute atomic E-state index is 0.0749. The van der Waals surface area contributed by atoms with Gasteiger partial charge in [-0.05, 0) is 6.42 Å². The van der Waals surface area contributed by atoms with E-state index in [0.717, 1.165) is 13.0 Å². The molecule has 0 spiro atoms. The molecule has 30 heavy (non-hydrogen) atoms. The molecule has 1 aromatic rings. The van der Waals surface area contributed by atoms with Gasteiger partial charge in [-0.25, -0.2) is 0 Å². The molecule has 3 N–H and O–H groups in total. The number of ether oxygens (including phenoxy) is 2. The summed E-state index contributed by atoms with van der Waals surface area (Å²) in [6.07, 6.45) is 13.0. The van der Waals surface area contributed by atoms with Gasteiger partial charge in [0, 0.05) is 6.54 Å². The Hall–Kier alpha value is -1.06. The Bertz CT molecular complexity index is 557. The summed E-state index contributed by atoms with van der Waals surface area (Å²) in [5.74, 6) is 0. The first-order valence-corrected chi connectivity index (χ1v) is 11.8. The molecule has 0 bridgehead atoms. The van der Waals surface area contributed by atoms with Gasteiger partial charge in [0.05, 0.1) is 19.4 Å². The van der Waals surface area contributed by atoms with Crippen molar-refractivity contribution < 1.29 is 24.8 Å². The van der Waals surface area contributed by atoms with Crippen LogP contribution in [0.3, 0.4) is 0 Å². The van der Waals surface area contributed by atoms with E-state index in [4.69, 9.17) is 9.47 Å². The van der Waals surface area contributed by atoms with E-state index in [9.17, 15) is 15.3 Å². The highest BCUT2D eigenvalue weighted by molar-refractivity contribution is 4.90. The second-order valence-corrected chi connectivity index (χ2v) is 8.42. The van der Waals surface area contributed by atoms with Gasteiger partial charge in [0.15, 0.2) is 6.29 Å². The third-order valence-corrected chi connectivity index (χ3v) is 5.68. The number of hydrogen-bond donors (Lipinski definition) is 3. The zero-order chi connectivity index (χ0) is 21.6. The van der Waals surface area contributed by atoms with E-state index in [1.807, 2.05) is 10.9 Å². The third-order valence-electron chi connectivity index (χ3n) is 5.68. The zero-order valence-electron chi connectivity index (χ0n) is 18.5. The molecule has 1 aliphatic heterocycles. The first-order chi connectivity index (χ1) is 14.6. The average Bonchev–Trinajstić information content (AvgIpc) is 3.20. The quantitative estimate of drug-likeness (QED) is 0.348. The molecule has 174 valence electrons. The monoisotopic (exact) mass is 427 g/mol. The number of unbranched alkanes of at least 4 members (excludes halogenated alkanes) is 11. The molecule has 4 atom stereocenters. The molecule has 0 aromatic carbocycles. The van der Waals surface area contributed by atoms with Gasteiger partial charge in [-0.15, -0.1) is 5.10 Å². The van der Waals surface area contributed by atoms with Crippen LogP contribution in [0.2, 0.25) is 0 Å². The first kappa shape index (κ1) is 25.2. The number of nitrogens with zero attached hydrogens (tertiary/aromatic N) is 3. The molecule has 1 aromatic heterocycles. The first-order valence-electron chi connectivity index (χ1n) is 11.8. The van der Waals surface area contributed by atoms with E-state index >= 15 is 0 Å². The minimum Gasteiger partial charge on any atom is -0.388 e. The van der Waals surface area contributed by atoms with Crippen LogP contribution in [0.4, 0.5) is 0 Å². The lowest BCUT2D eigenvalue weighted by Crippen LogP contribution is -2.53. The lowest BCUT2D eigenvalue weighted by atomic mass is 10.1. The zero-order valence-corrected chi connectivity index (χ0v) is 18.5. The van der Waals surface area contributed by atoms with Crippen molar-refractivity contribution >= 4 is 0 Å². The summed E-state index contributed by atoms with van der Waals surface area (Å²) >= 11 is 0. The van der Waals surface area contributed by atoms with Crippen LogP contribution < -0.4 is 0 Å². The van der Waals surface area contributed by atoms with Gasteiger partial charge < -0.3 is 24.8 Å². The highest BCUT2D eigenvalue weighted by atomic mass is 16.7. The molecule has 1 saturated heterocycles. The Morgan fingerprint density at radius 1 is 0.933 bits per heavy atom. The average molecular weight is 428 g/mol. The number of aliphatic hydroxyl groups is 3. The Kier molecular flexibility index (Phi) is 12.5. The number of rotatable bonds is 16. The van der Waals surface area contributed by atoms with E-state index < -0.39 is 24.6 Å². The lowest BCUT2D eigenvalue weighted by Gasteiger charge is -2.34. The van der Waals surface area contributed by atoms with Crippen molar-refractivity contribution in [3.05, 3.63) is 11.9 Å². The van der Waals surface area contributed by atoms with Crippen LogP contribution in [-0.2, 0) is 22.6 Å². The van der Waals surface area contributed by atoms with Crippen molar-refractivity contribution in [1.82, 2.24) is 15.0 Å². The van der Waals surface area contributed by atoms with Crippen LogP contribution in [0.25, 0.3) is 0 Å². The summed E-state index contributed by atoms with van der Waals surface area (Å²) in [6.45, 7) is 3.14. The molecule has 0 radical (unpaired) electrons. The summed E-state index contributed by atoms with van der Waals surface area (Å²) in [7, 11) is 0. The van der Waals surface area contributed by atoms with Gasteiger partial charge in [0.25, 0.3) is 0 Å². The van der Waals surface area contributed by atoms with E-state index in [0.29, 0.717) is 5.69 Å². The van der Waals surface area contributed by atoms with E-state index in [1.165, 1.54) is 70.6 Å². The fourth-order valence-corrected chi connectivity index (χ4v) is 3.72. The molecule has 0 amide bonds. The van der Waals surface area contributed by atoms with Crippen molar-refractivity contribution in [2.75, 3.05) is 6.61 Å². The Labute approximate surface area is 180 Å². The van der Waals surface area contributed by atoms with Gasteiger partial charge in [0.2, 0.25) is 0 Å². The molecule has 0 aliphatic carbocycles. The van der Waals surface area contributed by atoms with E-state index in [2.05, 4.69) is 17.2 Å². The maximum Gasteiger partial charge on any atom is 0.186 e. The fourth-order valence-electron chi connectivity index (χ4n) is 3.72. The van der Waals surface area contributed by atoms with Crippen LogP contribution in [0.1, 0.15) is 89.7 Å². The van der Waals surface area contributed by atoms with Crippen molar-refractivity contribution in [3.8, 4) is 0 Å². The summed E-state index contributed by atoms with van der Waals surface area (Å²) in [5.41, 5.74) is 0.644. The summed E-state index contributed by atoms with van der Waals surface area (Å²) < 4.78 is 12.5. The lowest BCUT2D eigenvalue weighted by molar-refractivity contribution is -0.273. The standard InChI is InChI=1S/C22H41N3O5/c1-2-3-4-5-6-7-8-9-10-11-12-13-14-25-15-18(23-24-25)16-29-22-21(28)20(27)19(26)17-30-22/h15,19-22,26-28H,2-14,16-17H2,1H3/t19-,20+,21-,22-/m1/s1. The smallest absolute Gasteiger partial charge is 0.186 e. The van der Waals surface area contributed by atoms with Gasteiger partial charge >= 0.3 is 0 Å². The normalized spacial score (nSPS) is 24.4. The highest BCUT2D eigenvalue weighted by Gasteiger charge is 2.38. The Morgan fingerprint density at radius 2 is 1.53 bits per heavy atom. The van der Waals surface area contributed by atoms with E-state index in [1.54, 1.807) is 0 Å². The number of aliphatic hydroxyl groups excluding tert-OH is 3. The molecule has 1 fully saturated rings. The van der Waals surface area contributed by atoms with Crippen LogP contribution in [-0.4, -0.2) is 61.5 Å². The van der Waals surface area contributed by atoms with Crippen molar-refractivity contribution in [2.45, 2.75) is 122 Å². The molecule has 2 rings (SSSR count). The van der Waals surface area contributed by atoms with Crippen LogP contribution in [0, 0.1) is 0 Å². The summed E-state index contributed by atoms with van der Waals surface area (Å²) in [6, 6.07) is 0. The summed E-state index contributed by atoms with van der Waals surface area (Å²) in [4.78, 5) is 0. The van der Waals surface area contributed by atoms with Gasteiger partial charge in [0.1, 0.15) is 24.0 Å². The molecule has 0 saturated carbocycles. The predicted molar refractivity (Wildman–Crippen MR) is 114 cm³/mol. The van der Waals surface area contributed by atoms with Gasteiger partial charge in [-0.2, -0.15) is 0 Å².